The van der Waals surface area contributed by atoms with Gasteiger partial charge in [0.15, 0.2) is 0 Å². The van der Waals surface area contributed by atoms with Gasteiger partial charge < -0.3 is 25.7 Å². The highest BCUT2D eigenvalue weighted by Gasteiger charge is 2.46. The van der Waals surface area contributed by atoms with E-state index in [2.05, 4.69) is 5.32 Å². The smallest absolute Gasteiger partial charge is 0.329 e. The highest BCUT2D eigenvalue weighted by molar-refractivity contribution is 6.21. The molecule has 8 nitrogen and oxygen atoms in total. The summed E-state index contributed by atoms with van der Waals surface area (Å²) in [6, 6.07) is 4.55. The second-order valence-electron chi connectivity index (χ2n) is 5.17. The lowest BCUT2D eigenvalue weighted by Gasteiger charge is -2.24. The standard InChI is InChI=1S/C14H18N2O6/c1-7-3-2-4-8(5-7)16-13(21)10(15-14(16)22)12(20)11(19)9(18)6-17/h2-5,9-12,17-20H,6H2,1H3,(H,15,22)/t9-,10-,11-,12-/m1/s1. The summed E-state index contributed by atoms with van der Waals surface area (Å²) in [4.78, 5) is 25.1. The molecule has 4 atom stereocenters. The van der Waals surface area contributed by atoms with Crippen molar-refractivity contribution in [3.8, 4) is 0 Å². The highest BCUT2D eigenvalue weighted by atomic mass is 16.4. The number of benzene rings is 1. The maximum absolute atomic E-state index is 12.3. The third-order valence-electron chi connectivity index (χ3n) is 3.50. The molecule has 8 heteroatoms. The van der Waals surface area contributed by atoms with Gasteiger partial charge in [-0.15, -0.1) is 0 Å². The Morgan fingerprint density at radius 1 is 1.27 bits per heavy atom. The lowest BCUT2D eigenvalue weighted by Crippen LogP contribution is -2.52. The van der Waals surface area contributed by atoms with Crippen LogP contribution in [0.1, 0.15) is 5.56 Å². The average molecular weight is 310 g/mol. The number of rotatable bonds is 5. The fourth-order valence-corrected chi connectivity index (χ4v) is 2.27. The number of carbonyl (C=O) groups is 2. The van der Waals surface area contributed by atoms with Crippen molar-refractivity contribution in [3.63, 3.8) is 0 Å². The Morgan fingerprint density at radius 2 is 1.95 bits per heavy atom. The molecule has 0 bridgehead atoms. The molecule has 22 heavy (non-hydrogen) atoms. The van der Waals surface area contributed by atoms with Crippen molar-refractivity contribution in [3.05, 3.63) is 29.8 Å². The van der Waals surface area contributed by atoms with Crippen molar-refractivity contribution in [1.29, 1.82) is 0 Å². The molecule has 3 amide bonds. The fourth-order valence-electron chi connectivity index (χ4n) is 2.27. The molecule has 0 unspecified atom stereocenters. The summed E-state index contributed by atoms with van der Waals surface area (Å²) >= 11 is 0. The molecule has 1 aliphatic rings. The molecule has 5 N–H and O–H groups in total. The van der Waals surface area contributed by atoms with E-state index in [0.717, 1.165) is 10.5 Å². The minimum absolute atomic E-state index is 0.342. The number of hydrogen-bond acceptors (Lipinski definition) is 6. The lowest BCUT2D eigenvalue weighted by atomic mass is 10.0. The molecule has 0 spiro atoms. The van der Waals surface area contributed by atoms with Gasteiger partial charge in [-0.25, -0.2) is 9.69 Å². The molecule has 0 saturated carbocycles. The quantitative estimate of drug-likeness (QED) is 0.421. The number of nitrogens with one attached hydrogen (secondary N) is 1. The molecule has 0 aliphatic carbocycles. The highest BCUT2D eigenvalue weighted by Crippen LogP contribution is 2.22. The van der Waals surface area contributed by atoms with Crippen molar-refractivity contribution >= 4 is 17.6 Å². The second-order valence-corrected chi connectivity index (χ2v) is 5.17. The third kappa shape index (κ3) is 2.95. The summed E-state index contributed by atoms with van der Waals surface area (Å²) in [5, 5.41) is 40.0. The molecule has 1 aromatic carbocycles. The molecule has 1 fully saturated rings. The Bertz CT molecular complexity index is 578. The zero-order chi connectivity index (χ0) is 16.4. The zero-order valence-corrected chi connectivity index (χ0v) is 11.9. The van der Waals surface area contributed by atoms with E-state index in [4.69, 9.17) is 5.11 Å². The molecular weight excluding hydrogens is 292 g/mol. The minimum atomic E-state index is -1.77. The van der Waals surface area contributed by atoms with Gasteiger partial charge in [0.2, 0.25) is 0 Å². The number of amides is 3. The van der Waals surface area contributed by atoms with E-state index in [0.29, 0.717) is 5.69 Å². The van der Waals surface area contributed by atoms with Crippen LogP contribution in [0.25, 0.3) is 0 Å². The van der Waals surface area contributed by atoms with Gasteiger partial charge in [-0.3, -0.25) is 4.79 Å². The number of hydrogen-bond donors (Lipinski definition) is 5. The van der Waals surface area contributed by atoms with Crippen LogP contribution in [0.2, 0.25) is 0 Å². The Labute approximate surface area is 126 Å². The largest absolute Gasteiger partial charge is 0.394 e. The fraction of sp³-hybridized carbons (Fsp3) is 0.429. The number of aryl methyl sites for hydroxylation is 1. The first kappa shape index (κ1) is 16.4. The number of carbonyl (C=O) groups excluding carboxylic acids is 2. The van der Waals surface area contributed by atoms with Crippen LogP contribution >= 0.6 is 0 Å². The molecule has 2 rings (SSSR count). The first-order valence-electron chi connectivity index (χ1n) is 6.73. The Morgan fingerprint density at radius 3 is 2.55 bits per heavy atom. The Kier molecular flexibility index (Phi) is 4.77. The van der Waals surface area contributed by atoms with Crippen LogP contribution in [0.5, 0.6) is 0 Å². The molecule has 1 aromatic rings. The predicted octanol–water partition coefficient (Wildman–Crippen LogP) is -1.51. The molecule has 1 saturated heterocycles. The number of aliphatic hydroxyl groups excluding tert-OH is 4. The third-order valence-corrected chi connectivity index (χ3v) is 3.50. The van der Waals surface area contributed by atoms with Crippen LogP contribution in [-0.4, -0.2) is 63.3 Å². The monoisotopic (exact) mass is 310 g/mol. The topological polar surface area (TPSA) is 130 Å². The van der Waals surface area contributed by atoms with Gasteiger partial charge in [0.05, 0.1) is 12.3 Å². The Balaban J connectivity index is 2.22. The summed E-state index contributed by atoms with van der Waals surface area (Å²) in [5.41, 5.74) is 1.19. The maximum atomic E-state index is 12.3. The zero-order valence-electron chi connectivity index (χ0n) is 11.9. The number of anilines is 1. The van der Waals surface area contributed by atoms with E-state index >= 15 is 0 Å². The van der Waals surface area contributed by atoms with E-state index in [-0.39, 0.29) is 0 Å². The van der Waals surface area contributed by atoms with Crippen molar-refractivity contribution in [2.45, 2.75) is 31.3 Å². The van der Waals surface area contributed by atoms with Gasteiger partial charge in [0, 0.05) is 0 Å². The summed E-state index contributed by atoms with van der Waals surface area (Å²) in [6.07, 6.45) is -5.13. The molecule has 0 aromatic heterocycles. The van der Waals surface area contributed by atoms with Gasteiger partial charge in [-0.2, -0.15) is 0 Å². The molecule has 1 heterocycles. The molecular formula is C14H18N2O6. The summed E-state index contributed by atoms with van der Waals surface area (Å²) in [5.74, 6) is -0.743. The van der Waals surface area contributed by atoms with Crippen molar-refractivity contribution in [2.75, 3.05) is 11.5 Å². The number of urea groups is 1. The van der Waals surface area contributed by atoms with Crippen molar-refractivity contribution in [2.24, 2.45) is 0 Å². The summed E-state index contributed by atoms with van der Waals surface area (Å²) < 4.78 is 0. The SMILES string of the molecule is Cc1cccc(N2C(=O)N[C@H]([C@@H](O)[C@H](O)[C@H](O)CO)C2=O)c1. The average Bonchev–Trinajstić information content (AvgIpc) is 2.79. The lowest BCUT2D eigenvalue weighted by molar-refractivity contribution is -0.127. The van der Waals surface area contributed by atoms with Gasteiger partial charge in [-0.05, 0) is 24.6 Å². The first-order chi connectivity index (χ1) is 10.4. The first-order valence-corrected chi connectivity index (χ1v) is 6.73. The number of imide groups is 1. The molecule has 120 valence electrons. The summed E-state index contributed by atoms with van der Waals surface area (Å²) in [6.45, 7) is 1.02. The van der Waals surface area contributed by atoms with Gasteiger partial charge in [0.25, 0.3) is 5.91 Å². The van der Waals surface area contributed by atoms with Crippen LogP contribution in [0.3, 0.4) is 0 Å². The van der Waals surface area contributed by atoms with E-state index in [1.165, 1.54) is 0 Å². The van der Waals surface area contributed by atoms with Crippen LogP contribution in [0, 0.1) is 6.92 Å². The van der Waals surface area contributed by atoms with Crippen molar-refractivity contribution in [1.82, 2.24) is 5.32 Å². The summed E-state index contributed by atoms with van der Waals surface area (Å²) in [7, 11) is 0. The van der Waals surface area contributed by atoms with Gasteiger partial charge in [-0.1, -0.05) is 12.1 Å². The number of nitrogens with zero attached hydrogens (tertiary/aromatic N) is 1. The van der Waals surface area contributed by atoms with Crippen LogP contribution in [-0.2, 0) is 4.79 Å². The van der Waals surface area contributed by atoms with E-state index in [1.807, 2.05) is 0 Å². The minimum Gasteiger partial charge on any atom is -0.394 e. The number of aliphatic hydroxyl groups is 4. The second kappa shape index (κ2) is 6.41. The van der Waals surface area contributed by atoms with Crippen molar-refractivity contribution < 1.29 is 30.0 Å². The molecule has 1 aliphatic heterocycles. The van der Waals surface area contributed by atoms with Crippen LogP contribution in [0.4, 0.5) is 10.5 Å². The van der Waals surface area contributed by atoms with E-state index < -0.39 is 42.9 Å². The maximum Gasteiger partial charge on any atom is 0.329 e. The normalized spacial score (nSPS) is 22.4. The predicted molar refractivity (Wildman–Crippen MR) is 76.1 cm³/mol. The van der Waals surface area contributed by atoms with Crippen LogP contribution < -0.4 is 10.2 Å². The van der Waals surface area contributed by atoms with Crippen LogP contribution in [0.15, 0.2) is 24.3 Å². The van der Waals surface area contributed by atoms with E-state index in [9.17, 15) is 24.9 Å². The Hall–Kier alpha value is -2.00. The van der Waals surface area contributed by atoms with Gasteiger partial charge in [0.1, 0.15) is 24.4 Å². The van der Waals surface area contributed by atoms with E-state index in [1.54, 1.807) is 31.2 Å². The molecule has 0 radical (unpaired) electrons. The van der Waals surface area contributed by atoms with Gasteiger partial charge >= 0.3 is 6.03 Å².